The molecule has 1 atom stereocenters. The number of cyclic esters (lactones) is 1. The van der Waals surface area contributed by atoms with Crippen LogP contribution in [0.3, 0.4) is 0 Å². The third kappa shape index (κ3) is 4.44. The van der Waals surface area contributed by atoms with Gasteiger partial charge >= 0.3 is 5.97 Å². The number of hydrogen-bond acceptors (Lipinski definition) is 5. The Hall–Kier alpha value is -3.35. The van der Waals surface area contributed by atoms with Crippen LogP contribution in [-0.4, -0.2) is 24.4 Å². The van der Waals surface area contributed by atoms with Gasteiger partial charge in [-0.25, -0.2) is 4.79 Å². The molecule has 140 valence electrons. The van der Waals surface area contributed by atoms with Crippen LogP contribution in [0.2, 0.25) is 0 Å². The minimum Gasteiger partial charge on any atom is -0.483 e. The maximum Gasteiger partial charge on any atom is 0.339 e. The molecule has 0 radical (unpaired) electrons. The summed E-state index contributed by atoms with van der Waals surface area (Å²) in [5.41, 5.74) is 7.67. The maximum absolute atomic E-state index is 12.0. The topological polar surface area (TPSA) is 93.7 Å². The first-order valence-electron chi connectivity index (χ1n) is 8.51. The van der Waals surface area contributed by atoms with Crippen LogP contribution in [0.1, 0.15) is 39.6 Å². The number of hydrogen-bond donors (Lipinski definition) is 2. The van der Waals surface area contributed by atoms with Crippen LogP contribution in [-0.2, 0) is 14.3 Å². The summed E-state index contributed by atoms with van der Waals surface area (Å²) in [7, 11) is 0. The van der Waals surface area contributed by atoms with Crippen LogP contribution in [0.4, 0.5) is 0 Å². The Bertz CT molecular complexity index is 894. The smallest absolute Gasteiger partial charge is 0.339 e. The van der Waals surface area contributed by atoms with E-state index in [4.69, 9.17) is 9.47 Å². The molecule has 3 rings (SSSR count). The van der Waals surface area contributed by atoms with Crippen LogP contribution >= 0.6 is 0 Å². The largest absolute Gasteiger partial charge is 0.483 e. The van der Waals surface area contributed by atoms with Gasteiger partial charge in [-0.1, -0.05) is 30.3 Å². The van der Waals surface area contributed by atoms with Gasteiger partial charge < -0.3 is 9.47 Å². The molecule has 0 aromatic heterocycles. The summed E-state index contributed by atoms with van der Waals surface area (Å²) in [5.74, 6) is -0.794. The lowest BCUT2D eigenvalue weighted by molar-refractivity contribution is -0.131. The van der Waals surface area contributed by atoms with Crippen molar-refractivity contribution in [2.75, 3.05) is 6.61 Å². The van der Waals surface area contributed by atoms with E-state index < -0.39 is 23.9 Å². The molecule has 2 aromatic rings. The molecule has 0 spiro atoms. The third-order valence-corrected chi connectivity index (χ3v) is 4.19. The molecule has 0 bridgehead atoms. The quantitative estimate of drug-likeness (QED) is 0.623. The van der Waals surface area contributed by atoms with Crippen molar-refractivity contribution in [2.45, 2.75) is 26.4 Å². The molecule has 1 unspecified atom stereocenters. The van der Waals surface area contributed by atoms with Crippen molar-refractivity contribution in [1.29, 1.82) is 0 Å². The molecule has 27 heavy (non-hydrogen) atoms. The molecular formula is C20H20N2O5. The SMILES string of the molecule is Cc1ccc(C)c(OCC(=O)NNC(=O)CC2OC(=O)c3ccccc32)c1. The zero-order chi connectivity index (χ0) is 19.4. The number of aryl methyl sites for hydroxylation is 2. The van der Waals surface area contributed by atoms with Gasteiger partial charge in [0.05, 0.1) is 12.0 Å². The zero-order valence-corrected chi connectivity index (χ0v) is 15.1. The highest BCUT2D eigenvalue weighted by Crippen LogP contribution is 2.32. The number of carbonyl (C=O) groups is 3. The average Bonchev–Trinajstić information content (AvgIpc) is 2.97. The summed E-state index contributed by atoms with van der Waals surface area (Å²) in [4.78, 5) is 35.7. The lowest BCUT2D eigenvalue weighted by Crippen LogP contribution is -2.44. The number of fused-ring (bicyclic) bond motifs is 1. The average molecular weight is 368 g/mol. The van der Waals surface area contributed by atoms with E-state index in [1.54, 1.807) is 24.3 Å². The molecule has 1 aliphatic heterocycles. The molecule has 1 heterocycles. The Morgan fingerprint density at radius 2 is 1.81 bits per heavy atom. The number of benzene rings is 2. The van der Waals surface area contributed by atoms with Gasteiger partial charge in [0, 0.05) is 5.56 Å². The van der Waals surface area contributed by atoms with Crippen LogP contribution < -0.4 is 15.6 Å². The van der Waals surface area contributed by atoms with Crippen molar-refractivity contribution in [3.05, 3.63) is 64.7 Å². The molecule has 2 aromatic carbocycles. The Morgan fingerprint density at radius 3 is 2.63 bits per heavy atom. The monoisotopic (exact) mass is 368 g/mol. The van der Waals surface area contributed by atoms with Crippen LogP contribution in [0.15, 0.2) is 42.5 Å². The Morgan fingerprint density at radius 1 is 1.07 bits per heavy atom. The molecule has 7 nitrogen and oxygen atoms in total. The number of nitrogens with one attached hydrogen (secondary N) is 2. The van der Waals surface area contributed by atoms with E-state index in [-0.39, 0.29) is 13.0 Å². The van der Waals surface area contributed by atoms with Crippen molar-refractivity contribution in [3.63, 3.8) is 0 Å². The molecule has 7 heteroatoms. The van der Waals surface area contributed by atoms with Gasteiger partial charge in [0.15, 0.2) is 6.61 Å². The minimum atomic E-state index is -0.656. The second-order valence-electron chi connectivity index (χ2n) is 6.34. The molecule has 1 aliphatic rings. The summed E-state index contributed by atoms with van der Waals surface area (Å²) >= 11 is 0. The molecule has 2 N–H and O–H groups in total. The van der Waals surface area contributed by atoms with Crippen molar-refractivity contribution >= 4 is 17.8 Å². The fourth-order valence-corrected chi connectivity index (χ4v) is 2.77. The summed E-state index contributed by atoms with van der Waals surface area (Å²) in [6.07, 6.45) is -0.738. The van der Waals surface area contributed by atoms with E-state index in [1.807, 2.05) is 32.0 Å². The molecular weight excluding hydrogens is 348 g/mol. The van der Waals surface area contributed by atoms with Crippen LogP contribution in [0.5, 0.6) is 5.75 Å². The Kier molecular flexibility index (Phi) is 5.40. The normalized spacial score (nSPS) is 14.9. The maximum atomic E-state index is 12.0. The van der Waals surface area contributed by atoms with Crippen molar-refractivity contribution in [3.8, 4) is 5.75 Å². The zero-order valence-electron chi connectivity index (χ0n) is 15.1. The van der Waals surface area contributed by atoms with E-state index in [0.29, 0.717) is 16.9 Å². The number of ether oxygens (including phenoxy) is 2. The molecule has 0 saturated heterocycles. The third-order valence-electron chi connectivity index (χ3n) is 4.19. The second kappa shape index (κ2) is 7.90. The van der Waals surface area contributed by atoms with Crippen LogP contribution in [0, 0.1) is 13.8 Å². The summed E-state index contributed by atoms with van der Waals surface area (Å²) in [5, 5.41) is 0. The number of carbonyl (C=O) groups excluding carboxylic acids is 3. The predicted octanol–water partition coefficient (Wildman–Crippen LogP) is 2.13. The van der Waals surface area contributed by atoms with Gasteiger partial charge in [0.2, 0.25) is 5.91 Å². The van der Waals surface area contributed by atoms with Crippen molar-refractivity contribution in [2.24, 2.45) is 0 Å². The number of esters is 1. The fourth-order valence-electron chi connectivity index (χ4n) is 2.77. The van der Waals surface area contributed by atoms with E-state index in [0.717, 1.165) is 11.1 Å². The Balaban J connectivity index is 1.46. The molecule has 2 amide bonds. The minimum absolute atomic E-state index is 0.0825. The molecule has 0 aliphatic carbocycles. The highest BCUT2D eigenvalue weighted by atomic mass is 16.5. The van der Waals surface area contributed by atoms with Gasteiger partial charge in [0.1, 0.15) is 11.9 Å². The second-order valence-corrected chi connectivity index (χ2v) is 6.34. The first-order valence-corrected chi connectivity index (χ1v) is 8.51. The van der Waals surface area contributed by atoms with E-state index >= 15 is 0 Å². The van der Waals surface area contributed by atoms with Gasteiger partial charge in [-0.15, -0.1) is 0 Å². The summed E-state index contributed by atoms with van der Waals surface area (Å²) in [6, 6.07) is 12.6. The number of hydrazine groups is 1. The van der Waals surface area contributed by atoms with Crippen molar-refractivity contribution in [1.82, 2.24) is 10.9 Å². The first kappa shape index (κ1) is 18.4. The highest BCUT2D eigenvalue weighted by Gasteiger charge is 2.32. The van der Waals surface area contributed by atoms with Gasteiger partial charge in [-0.2, -0.15) is 0 Å². The fraction of sp³-hybridized carbons (Fsp3) is 0.250. The number of amides is 2. The van der Waals surface area contributed by atoms with E-state index in [2.05, 4.69) is 10.9 Å². The summed E-state index contributed by atoms with van der Waals surface area (Å²) < 4.78 is 10.7. The lowest BCUT2D eigenvalue weighted by Gasteiger charge is -2.13. The highest BCUT2D eigenvalue weighted by molar-refractivity contribution is 5.94. The van der Waals surface area contributed by atoms with Gasteiger partial charge in [-0.3, -0.25) is 20.4 Å². The predicted molar refractivity (Wildman–Crippen MR) is 96.9 cm³/mol. The van der Waals surface area contributed by atoms with E-state index in [1.165, 1.54) is 0 Å². The lowest BCUT2D eigenvalue weighted by atomic mass is 10.0. The summed E-state index contributed by atoms with van der Waals surface area (Å²) in [6.45, 7) is 3.58. The van der Waals surface area contributed by atoms with Gasteiger partial charge in [-0.05, 0) is 37.1 Å². The number of rotatable bonds is 5. The first-order chi connectivity index (χ1) is 12.9. The van der Waals surface area contributed by atoms with Crippen LogP contribution in [0.25, 0.3) is 0 Å². The van der Waals surface area contributed by atoms with E-state index in [9.17, 15) is 14.4 Å². The van der Waals surface area contributed by atoms with Gasteiger partial charge in [0.25, 0.3) is 5.91 Å². The Labute approximate surface area is 156 Å². The standard InChI is InChI=1S/C20H20N2O5/c1-12-7-8-13(2)16(9-12)26-11-19(24)22-21-18(23)10-17-14-5-3-4-6-15(14)20(25)27-17/h3-9,17H,10-11H2,1-2H3,(H,21,23)(H,22,24). The van der Waals surface area contributed by atoms with Crippen molar-refractivity contribution < 1.29 is 23.9 Å². The molecule has 0 fully saturated rings. The molecule has 0 saturated carbocycles.